The first-order valence-corrected chi connectivity index (χ1v) is 9.13. The van der Waals surface area contributed by atoms with Crippen molar-refractivity contribution in [3.05, 3.63) is 35.2 Å². The van der Waals surface area contributed by atoms with Crippen LogP contribution >= 0.6 is 0 Å². The predicted molar refractivity (Wildman–Crippen MR) is 96.0 cm³/mol. The smallest absolute Gasteiger partial charge is 0.350 e. The van der Waals surface area contributed by atoms with Gasteiger partial charge in [0.05, 0.1) is 12.1 Å². The van der Waals surface area contributed by atoms with Crippen molar-refractivity contribution in [2.45, 2.75) is 58.8 Å². The minimum atomic E-state index is -1.57. The second-order valence-electron chi connectivity index (χ2n) is 7.28. The molecule has 150 valence electrons. The summed E-state index contributed by atoms with van der Waals surface area (Å²) in [4.78, 5) is 49.4. The summed E-state index contributed by atoms with van der Waals surface area (Å²) in [5, 5.41) is 0. The maximum absolute atomic E-state index is 12.8. The van der Waals surface area contributed by atoms with Crippen molar-refractivity contribution in [3.8, 4) is 0 Å². The molecule has 0 aromatic carbocycles. The Morgan fingerprint density at radius 2 is 2.04 bits per heavy atom. The third-order valence-corrected chi connectivity index (χ3v) is 5.39. The highest BCUT2D eigenvalue weighted by atomic mass is 16.6. The maximum Gasteiger partial charge on any atom is 0.350 e. The van der Waals surface area contributed by atoms with Crippen LogP contribution in [0.3, 0.4) is 0 Å². The molecule has 1 aromatic rings. The van der Waals surface area contributed by atoms with Gasteiger partial charge in [-0.3, -0.25) is 14.2 Å². The molecule has 3 heterocycles. The van der Waals surface area contributed by atoms with Crippen LogP contribution < -0.4 is 0 Å². The van der Waals surface area contributed by atoms with Crippen molar-refractivity contribution in [3.63, 3.8) is 0 Å². The topological polar surface area (TPSA) is 101 Å². The van der Waals surface area contributed by atoms with E-state index in [1.165, 1.54) is 18.4 Å². The zero-order chi connectivity index (χ0) is 20.6. The molecule has 0 aliphatic carbocycles. The van der Waals surface area contributed by atoms with Crippen molar-refractivity contribution in [2.75, 3.05) is 0 Å². The van der Waals surface area contributed by atoms with Gasteiger partial charge in [-0.25, -0.2) is 9.59 Å². The van der Waals surface area contributed by atoms with Gasteiger partial charge in [0, 0.05) is 30.2 Å². The van der Waals surface area contributed by atoms with Gasteiger partial charge in [-0.05, 0) is 26.3 Å². The van der Waals surface area contributed by atoms with Crippen LogP contribution in [-0.2, 0) is 35.2 Å². The van der Waals surface area contributed by atoms with Gasteiger partial charge < -0.3 is 14.2 Å². The van der Waals surface area contributed by atoms with Gasteiger partial charge in [0.25, 0.3) is 0 Å². The Hall–Kier alpha value is -2.90. The number of allylic oxidation sites excluding steroid dienone is 1. The van der Waals surface area contributed by atoms with Crippen LogP contribution in [0.25, 0.3) is 0 Å². The van der Waals surface area contributed by atoms with Crippen LogP contribution in [0.15, 0.2) is 23.9 Å². The molecule has 8 heteroatoms. The fraction of sp³-hybridized carbons (Fsp3) is 0.500. The number of rotatable bonds is 1. The number of esters is 3. The van der Waals surface area contributed by atoms with E-state index in [1.54, 1.807) is 32.2 Å². The van der Waals surface area contributed by atoms with Gasteiger partial charge in [0.2, 0.25) is 11.5 Å². The Bertz CT molecular complexity index is 881. The molecule has 0 radical (unpaired) electrons. The Morgan fingerprint density at radius 3 is 2.68 bits per heavy atom. The molecular weight excluding hydrogens is 366 g/mol. The fourth-order valence-corrected chi connectivity index (χ4v) is 3.61. The zero-order valence-electron chi connectivity index (χ0n) is 16.3. The highest BCUT2D eigenvalue weighted by Crippen LogP contribution is 2.36. The summed E-state index contributed by atoms with van der Waals surface area (Å²) in [6.07, 6.45) is 2.62. The van der Waals surface area contributed by atoms with Crippen LogP contribution in [0.5, 0.6) is 0 Å². The van der Waals surface area contributed by atoms with E-state index in [-0.39, 0.29) is 25.4 Å². The Morgan fingerprint density at radius 1 is 1.32 bits per heavy atom. The first kappa shape index (κ1) is 19.9. The largest absolute Gasteiger partial charge is 0.458 e. The van der Waals surface area contributed by atoms with E-state index >= 15 is 0 Å². The van der Waals surface area contributed by atoms with Crippen LogP contribution in [0.4, 0.5) is 0 Å². The number of cyclic esters (lactones) is 1. The lowest BCUT2D eigenvalue weighted by atomic mass is 9.85. The summed E-state index contributed by atoms with van der Waals surface area (Å²) >= 11 is 0. The Labute approximate surface area is 162 Å². The average Bonchev–Trinajstić information content (AvgIpc) is 3.17. The number of carbonyl (C=O) groups excluding carboxylic acids is 4. The van der Waals surface area contributed by atoms with E-state index < -0.39 is 35.5 Å². The van der Waals surface area contributed by atoms with E-state index in [0.29, 0.717) is 16.8 Å². The van der Waals surface area contributed by atoms with Crippen molar-refractivity contribution in [1.29, 1.82) is 0 Å². The molecule has 0 saturated heterocycles. The number of aromatic nitrogens is 1. The second-order valence-corrected chi connectivity index (χ2v) is 7.28. The number of ether oxygens (including phenoxy) is 3. The summed E-state index contributed by atoms with van der Waals surface area (Å²) < 4.78 is 17.8. The molecule has 0 saturated carbocycles. The predicted octanol–water partition coefficient (Wildman–Crippen LogP) is 2.47. The molecule has 0 fully saturated rings. The molecule has 3 rings (SSSR count). The molecule has 0 amide bonds. The fourth-order valence-electron chi connectivity index (χ4n) is 3.61. The first-order valence-electron chi connectivity index (χ1n) is 9.13. The molecule has 2 aliphatic rings. The lowest BCUT2D eigenvalue weighted by molar-refractivity contribution is -0.187. The quantitative estimate of drug-likeness (QED) is 0.413. The minimum absolute atomic E-state index is 0.0422. The zero-order valence-corrected chi connectivity index (χ0v) is 16.3. The second kappa shape index (κ2) is 7.26. The van der Waals surface area contributed by atoms with Crippen molar-refractivity contribution >= 4 is 23.8 Å². The number of nitrogens with zero attached hydrogens (tertiary/aromatic N) is 1. The molecule has 0 unspecified atom stereocenters. The summed E-state index contributed by atoms with van der Waals surface area (Å²) in [7, 11) is 0. The highest BCUT2D eigenvalue weighted by Gasteiger charge is 2.46. The van der Waals surface area contributed by atoms with Gasteiger partial charge in [0.15, 0.2) is 6.10 Å². The summed E-state index contributed by atoms with van der Waals surface area (Å²) in [5.41, 5.74) is -0.169. The molecule has 0 spiro atoms. The lowest BCUT2D eigenvalue weighted by Crippen LogP contribution is -2.47. The van der Waals surface area contributed by atoms with Gasteiger partial charge in [-0.15, -0.1) is 0 Å². The van der Waals surface area contributed by atoms with Crippen molar-refractivity contribution in [2.24, 2.45) is 5.92 Å². The van der Waals surface area contributed by atoms with Crippen LogP contribution in [-0.4, -0.2) is 34.0 Å². The van der Waals surface area contributed by atoms with E-state index in [2.05, 4.69) is 0 Å². The molecule has 3 atom stereocenters. The van der Waals surface area contributed by atoms with Crippen LogP contribution in [0, 0.1) is 5.92 Å². The maximum atomic E-state index is 12.8. The lowest BCUT2D eigenvalue weighted by Gasteiger charge is -2.33. The SMILES string of the molecule is CC=C1C[C@@H](C)[C@](C)(OC(C)=O)C(=O)OCc2ccn3c2[C@H](CC3=O)OC1=O. The Kier molecular flexibility index (Phi) is 5.14. The first-order chi connectivity index (χ1) is 13.2. The van der Waals surface area contributed by atoms with E-state index in [0.717, 1.165) is 0 Å². The number of hydrogen-bond donors (Lipinski definition) is 0. The highest BCUT2D eigenvalue weighted by molar-refractivity contribution is 5.91. The van der Waals surface area contributed by atoms with Gasteiger partial charge in [-0.2, -0.15) is 0 Å². The van der Waals surface area contributed by atoms with Crippen molar-refractivity contribution in [1.82, 2.24) is 4.57 Å². The molecule has 0 N–H and O–H groups in total. The molecule has 28 heavy (non-hydrogen) atoms. The van der Waals surface area contributed by atoms with Crippen molar-refractivity contribution < 1.29 is 33.4 Å². The molecular formula is C20H23NO7. The van der Waals surface area contributed by atoms with E-state index in [4.69, 9.17) is 14.2 Å². The minimum Gasteiger partial charge on any atom is -0.458 e. The number of carbonyl (C=O) groups is 4. The normalized spacial score (nSPS) is 29.4. The summed E-state index contributed by atoms with van der Waals surface area (Å²) in [5.74, 6) is -2.64. The van der Waals surface area contributed by atoms with Gasteiger partial charge >= 0.3 is 17.9 Å². The van der Waals surface area contributed by atoms with Crippen LogP contribution in [0.2, 0.25) is 0 Å². The standard InChI is InChI=1S/C20H23NO7/c1-5-13-8-11(2)20(4,28-12(3)22)19(25)26-10-14-6-7-21-16(23)9-15(17(14)21)27-18(13)24/h5-7,11,15H,8-10H2,1-4H3/t11-,15+,20+/m1/s1. The molecule has 2 aliphatic heterocycles. The van der Waals surface area contributed by atoms with E-state index in [9.17, 15) is 19.2 Å². The average molecular weight is 389 g/mol. The van der Waals surface area contributed by atoms with E-state index in [1.807, 2.05) is 0 Å². The Balaban J connectivity index is 2.04. The summed E-state index contributed by atoms with van der Waals surface area (Å²) in [6, 6.07) is 1.65. The monoisotopic (exact) mass is 389 g/mol. The van der Waals surface area contributed by atoms with Gasteiger partial charge in [-0.1, -0.05) is 13.0 Å². The summed E-state index contributed by atoms with van der Waals surface area (Å²) in [6.45, 7) is 5.95. The third kappa shape index (κ3) is 3.34. The molecule has 0 bridgehead atoms. The number of hydrogen-bond acceptors (Lipinski definition) is 7. The van der Waals surface area contributed by atoms with Crippen LogP contribution in [0.1, 0.15) is 62.7 Å². The molecule has 1 aromatic heterocycles. The molecule has 8 nitrogen and oxygen atoms in total. The van der Waals surface area contributed by atoms with Gasteiger partial charge in [0.1, 0.15) is 6.61 Å². The third-order valence-electron chi connectivity index (χ3n) is 5.39.